The third-order valence-corrected chi connectivity index (χ3v) is 3.64. The van der Waals surface area contributed by atoms with Crippen molar-refractivity contribution in [3.05, 3.63) is 53.2 Å². The van der Waals surface area contributed by atoms with Crippen LogP contribution in [0, 0.1) is 0 Å². The lowest BCUT2D eigenvalue weighted by Gasteiger charge is -2.14. The molecule has 0 amide bonds. The molecule has 2 aromatic rings. The maximum atomic E-state index is 12.8. The van der Waals surface area contributed by atoms with Crippen molar-refractivity contribution in [2.75, 3.05) is 7.05 Å². The fourth-order valence-corrected chi connectivity index (χ4v) is 2.16. The number of nitrogens with one attached hydrogen (secondary N) is 2. The Bertz CT molecular complexity index is 760. The van der Waals surface area contributed by atoms with Crippen LogP contribution in [-0.4, -0.2) is 18.0 Å². The zero-order chi connectivity index (χ0) is 19.4. The molecule has 0 saturated heterocycles. The highest BCUT2D eigenvalue weighted by atomic mass is 19.4. The molecule has 1 aromatic carbocycles. The molecular formula is C18H23F3N4O. The van der Waals surface area contributed by atoms with Crippen molar-refractivity contribution in [1.82, 2.24) is 15.6 Å². The standard InChI is InChI=1S/C18H23F3N4O/c1-17(2,3)14-10-23-15(26-14)11-25-16(22-4)24-9-12-6-5-7-13(8-12)18(19,20)21/h5-8,10H,9,11H2,1-4H3,(H2,22,24,25). The number of halogens is 3. The summed E-state index contributed by atoms with van der Waals surface area (Å²) < 4.78 is 43.9. The van der Waals surface area contributed by atoms with Crippen molar-refractivity contribution >= 4 is 5.96 Å². The first-order valence-corrected chi connectivity index (χ1v) is 8.15. The summed E-state index contributed by atoms with van der Waals surface area (Å²) in [6.07, 6.45) is -2.67. The number of alkyl halides is 3. The van der Waals surface area contributed by atoms with E-state index in [2.05, 4.69) is 20.6 Å². The van der Waals surface area contributed by atoms with Gasteiger partial charge in [0.15, 0.2) is 5.96 Å². The average Bonchev–Trinajstić information content (AvgIpc) is 3.04. The summed E-state index contributed by atoms with van der Waals surface area (Å²) in [6.45, 7) is 6.61. The molecule has 1 heterocycles. The molecule has 2 N–H and O–H groups in total. The molecule has 2 rings (SSSR count). The first kappa shape index (κ1) is 19.8. The van der Waals surface area contributed by atoms with Crippen LogP contribution < -0.4 is 10.6 Å². The second-order valence-electron chi connectivity index (χ2n) is 6.85. The zero-order valence-electron chi connectivity index (χ0n) is 15.2. The lowest BCUT2D eigenvalue weighted by molar-refractivity contribution is -0.137. The van der Waals surface area contributed by atoms with Gasteiger partial charge in [0.05, 0.1) is 18.3 Å². The van der Waals surface area contributed by atoms with Gasteiger partial charge in [-0.15, -0.1) is 0 Å². The molecule has 0 spiro atoms. The second-order valence-corrected chi connectivity index (χ2v) is 6.85. The third-order valence-electron chi connectivity index (χ3n) is 3.64. The minimum atomic E-state index is -4.36. The SMILES string of the molecule is CN=C(NCc1cccc(C(F)(F)F)c1)NCc1ncc(C(C)(C)C)o1. The fourth-order valence-electron chi connectivity index (χ4n) is 2.16. The number of oxazole rings is 1. The van der Waals surface area contributed by atoms with E-state index in [0.29, 0.717) is 24.0 Å². The minimum Gasteiger partial charge on any atom is -0.443 e. The van der Waals surface area contributed by atoms with Gasteiger partial charge in [0.1, 0.15) is 5.76 Å². The normalized spacial score (nSPS) is 13.0. The van der Waals surface area contributed by atoms with Gasteiger partial charge in [-0.25, -0.2) is 4.98 Å². The van der Waals surface area contributed by atoms with Crippen LogP contribution in [0.1, 0.15) is 43.5 Å². The number of benzene rings is 1. The van der Waals surface area contributed by atoms with E-state index in [1.807, 2.05) is 20.8 Å². The predicted molar refractivity (Wildman–Crippen MR) is 93.7 cm³/mol. The molecule has 26 heavy (non-hydrogen) atoms. The number of hydrogen-bond donors (Lipinski definition) is 2. The molecule has 0 aliphatic heterocycles. The van der Waals surface area contributed by atoms with Crippen LogP contribution in [0.25, 0.3) is 0 Å². The van der Waals surface area contributed by atoms with E-state index in [1.54, 1.807) is 19.3 Å². The van der Waals surface area contributed by atoms with Gasteiger partial charge in [0.2, 0.25) is 5.89 Å². The summed E-state index contributed by atoms with van der Waals surface area (Å²) in [5.74, 6) is 1.73. The number of guanidine groups is 1. The highest BCUT2D eigenvalue weighted by molar-refractivity contribution is 5.79. The summed E-state index contributed by atoms with van der Waals surface area (Å²) >= 11 is 0. The van der Waals surface area contributed by atoms with E-state index in [0.717, 1.165) is 17.9 Å². The van der Waals surface area contributed by atoms with Gasteiger partial charge < -0.3 is 15.1 Å². The Labute approximate surface area is 150 Å². The Morgan fingerprint density at radius 1 is 1.15 bits per heavy atom. The Morgan fingerprint density at radius 3 is 2.42 bits per heavy atom. The number of aromatic nitrogens is 1. The smallest absolute Gasteiger partial charge is 0.416 e. The Morgan fingerprint density at radius 2 is 1.85 bits per heavy atom. The second kappa shape index (κ2) is 7.80. The fraction of sp³-hybridized carbons (Fsp3) is 0.444. The van der Waals surface area contributed by atoms with E-state index in [-0.39, 0.29) is 12.0 Å². The highest BCUT2D eigenvalue weighted by Crippen LogP contribution is 2.29. The number of rotatable bonds is 4. The van der Waals surface area contributed by atoms with Gasteiger partial charge in [0, 0.05) is 19.0 Å². The van der Waals surface area contributed by atoms with Gasteiger partial charge in [0.25, 0.3) is 0 Å². The van der Waals surface area contributed by atoms with E-state index in [4.69, 9.17) is 4.42 Å². The molecule has 5 nitrogen and oxygen atoms in total. The van der Waals surface area contributed by atoms with Crippen molar-refractivity contribution < 1.29 is 17.6 Å². The molecule has 0 atom stereocenters. The van der Waals surface area contributed by atoms with E-state index in [9.17, 15) is 13.2 Å². The molecule has 142 valence electrons. The van der Waals surface area contributed by atoms with Gasteiger partial charge in [-0.05, 0) is 17.7 Å². The summed E-state index contributed by atoms with van der Waals surface area (Å²) in [4.78, 5) is 8.26. The summed E-state index contributed by atoms with van der Waals surface area (Å²) in [6, 6.07) is 5.17. The predicted octanol–water partition coefficient (Wildman–Crippen LogP) is 3.86. The number of aliphatic imine (C=N–C) groups is 1. The summed E-state index contributed by atoms with van der Waals surface area (Å²) in [7, 11) is 1.58. The minimum absolute atomic E-state index is 0.130. The first-order chi connectivity index (χ1) is 12.1. The first-order valence-electron chi connectivity index (χ1n) is 8.15. The topological polar surface area (TPSA) is 62.5 Å². The van der Waals surface area contributed by atoms with Gasteiger partial charge in [-0.3, -0.25) is 4.99 Å². The largest absolute Gasteiger partial charge is 0.443 e. The quantitative estimate of drug-likeness (QED) is 0.636. The lowest BCUT2D eigenvalue weighted by Crippen LogP contribution is -2.36. The van der Waals surface area contributed by atoms with Crippen LogP contribution in [0.2, 0.25) is 0 Å². The molecule has 1 aromatic heterocycles. The molecule has 0 fully saturated rings. The highest BCUT2D eigenvalue weighted by Gasteiger charge is 2.30. The van der Waals surface area contributed by atoms with Crippen molar-refractivity contribution in [2.24, 2.45) is 4.99 Å². The molecular weight excluding hydrogens is 345 g/mol. The number of hydrogen-bond acceptors (Lipinski definition) is 3. The molecule has 0 aliphatic rings. The Balaban J connectivity index is 1.91. The van der Waals surface area contributed by atoms with E-state index in [1.165, 1.54) is 6.07 Å². The van der Waals surface area contributed by atoms with Gasteiger partial charge in [-0.1, -0.05) is 32.9 Å². The van der Waals surface area contributed by atoms with Crippen LogP contribution in [0.4, 0.5) is 13.2 Å². The molecule has 0 unspecified atom stereocenters. The van der Waals surface area contributed by atoms with E-state index < -0.39 is 11.7 Å². The van der Waals surface area contributed by atoms with Crippen LogP contribution in [0.5, 0.6) is 0 Å². The maximum absolute atomic E-state index is 12.8. The van der Waals surface area contributed by atoms with Crippen LogP contribution >= 0.6 is 0 Å². The van der Waals surface area contributed by atoms with Crippen molar-refractivity contribution in [2.45, 2.75) is 45.5 Å². The Kier molecular flexibility index (Phi) is 5.94. The van der Waals surface area contributed by atoms with Gasteiger partial charge >= 0.3 is 6.18 Å². The Hall–Kier alpha value is -2.51. The molecule has 0 radical (unpaired) electrons. The summed E-state index contributed by atoms with van der Waals surface area (Å²) in [5.41, 5.74) is -0.294. The van der Waals surface area contributed by atoms with Crippen molar-refractivity contribution in [1.29, 1.82) is 0 Å². The van der Waals surface area contributed by atoms with Crippen LogP contribution in [0.15, 0.2) is 39.9 Å². The molecule has 0 aliphatic carbocycles. The third kappa shape index (κ3) is 5.50. The van der Waals surface area contributed by atoms with Crippen LogP contribution in [0.3, 0.4) is 0 Å². The molecule has 0 saturated carbocycles. The zero-order valence-corrected chi connectivity index (χ0v) is 15.2. The summed E-state index contributed by atoms with van der Waals surface area (Å²) in [5, 5.41) is 6.00. The molecule has 8 heteroatoms. The lowest BCUT2D eigenvalue weighted by atomic mass is 9.94. The maximum Gasteiger partial charge on any atom is 0.416 e. The van der Waals surface area contributed by atoms with Gasteiger partial charge in [-0.2, -0.15) is 13.2 Å². The average molecular weight is 368 g/mol. The van der Waals surface area contributed by atoms with Crippen LogP contribution in [-0.2, 0) is 24.7 Å². The molecule has 0 bridgehead atoms. The van der Waals surface area contributed by atoms with Crippen molar-refractivity contribution in [3.8, 4) is 0 Å². The van der Waals surface area contributed by atoms with E-state index >= 15 is 0 Å². The monoisotopic (exact) mass is 368 g/mol. The number of nitrogens with zero attached hydrogens (tertiary/aromatic N) is 2. The van der Waals surface area contributed by atoms with Crippen molar-refractivity contribution in [3.63, 3.8) is 0 Å².